The second-order valence-corrected chi connectivity index (χ2v) is 2.52. The first-order chi connectivity index (χ1) is 6.02. The summed E-state index contributed by atoms with van der Waals surface area (Å²) in [6, 6.07) is 2.67. The van der Waals surface area contributed by atoms with E-state index in [0.29, 0.717) is 5.69 Å². The van der Waals surface area contributed by atoms with E-state index in [1.165, 1.54) is 12.1 Å². The minimum atomic E-state index is -1.63. The second-order valence-electron chi connectivity index (χ2n) is 2.52. The molecule has 0 fully saturated rings. The Kier molecular flexibility index (Phi) is 2.27. The van der Waals surface area contributed by atoms with E-state index in [0.717, 1.165) is 0 Å². The van der Waals surface area contributed by atoms with Gasteiger partial charge in [0.15, 0.2) is 0 Å². The number of aromatic amines is 1. The van der Waals surface area contributed by atoms with Crippen molar-refractivity contribution >= 4 is 11.8 Å². The normalized spacial score (nSPS) is 9.62. The third-order valence-electron chi connectivity index (χ3n) is 1.49. The number of aromatic nitrogens is 1. The zero-order valence-electron chi connectivity index (χ0n) is 6.83. The highest BCUT2D eigenvalue weighted by atomic mass is 16.4. The number of pyridine rings is 1. The average Bonchev–Trinajstić information content (AvgIpc) is 2.03. The number of carboxylic acids is 1. The van der Waals surface area contributed by atoms with Crippen LogP contribution in [0, 0.1) is 6.92 Å². The fourth-order valence-electron chi connectivity index (χ4n) is 0.866. The molecule has 0 aliphatic carbocycles. The van der Waals surface area contributed by atoms with E-state index in [2.05, 4.69) is 4.98 Å². The third-order valence-corrected chi connectivity index (χ3v) is 1.49. The number of H-pyrrole nitrogens is 1. The Hall–Kier alpha value is -1.91. The molecule has 1 aromatic rings. The molecular formula is C8H7NO4. The van der Waals surface area contributed by atoms with Gasteiger partial charge in [0.25, 0.3) is 11.3 Å². The molecule has 0 aliphatic rings. The van der Waals surface area contributed by atoms with Crippen molar-refractivity contribution in [1.82, 2.24) is 4.98 Å². The van der Waals surface area contributed by atoms with Crippen LogP contribution in [0.15, 0.2) is 16.9 Å². The Morgan fingerprint density at radius 3 is 2.46 bits per heavy atom. The molecule has 5 heteroatoms. The first-order valence-electron chi connectivity index (χ1n) is 3.50. The number of hydrogen-bond donors (Lipinski definition) is 2. The SMILES string of the molecule is Cc1ccc(C(=O)C(=O)O)c(=O)[nH]1. The van der Waals surface area contributed by atoms with Crippen LogP contribution >= 0.6 is 0 Å². The molecule has 2 N–H and O–H groups in total. The van der Waals surface area contributed by atoms with E-state index < -0.39 is 17.3 Å². The van der Waals surface area contributed by atoms with Crippen molar-refractivity contribution in [3.05, 3.63) is 33.7 Å². The highest BCUT2D eigenvalue weighted by Crippen LogP contribution is 1.94. The van der Waals surface area contributed by atoms with Crippen LogP contribution in [0.25, 0.3) is 0 Å². The molecule has 1 rings (SSSR count). The van der Waals surface area contributed by atoms with Gasteiger partial charge in [0, 0.05) is 5.69 Å². The van der Waals surface area contributed by atoms with E-state index in [1.54, 1.807) is 6.92 Å². The van der Waals surface area contributed by atoms with Gasteiger partial charge in [-0.05, 0) is 19.1 Å². The predicted octanol–water partition coefficient (Wildman–Crippen LogP) is -0.0494. The number of ketones is 1. The monoisotopic (exact) mass is 181 g/mol. The number of nitrogens with one attached hydrogen (secondary N) is 1. The molecule has 0 radical (unpaired) electrons. The van der Waals surface area contributed by atoms with Gasteiger partial charge in [0.05, 0.1) is 5.56 Å². The van der Waals surface area contributed by atoms with Crippen molar-refractivity contribution < 1.29 is 14.7 Å². The predicted molar refractivity (Wildman–Crippen MR) is 43.8 cm³/mol. The molecule has 0 spiro atoms. The quantitative estimate of drug-likeness (QED) is 0.494. The number of aryl methyl sites for hydroxylation is 1. The molecule has 68 valence electrons. The molecule has 0 bridgehead atoms. The zero-order chi connectivity index (χ0) is 10.0. The molecule has 0 amide bonds. The molecular weight excluding hydrogens is 174 g/mol. The molecule has 0 atom stereocenters. The largest absolute Gasteiger partial charge is 0.475 e. The topological polar surface area (TPSA) is 87.2 Å². The first-order valence-corrected chi connectivity index (χ1v) is 3.50. The van der Waals surface area contributed by atoms with Crippen LogP contribution in [-0.4, -0.2) is 21.8 Å². The summed E-state index contributed by atoms with van der Waals surface area (Å²) in [5.41, 5.74) is -0.447. The Bertz CT molecular complexity index is 418. The molecule has 0 saturated carbocycles. The maximum Gasteiger partial charge on any atom is 0.377 e. The van der Waals surface area contributed by atoms with Gasteiger partial charge in [-0.15, -0.1) is 0 Å². The van der Waals surface area contributed by atoms with Crippen molar-refractivity contribution in [2.24, 2.45) is 0 Å². The van der Waals surface area contributed by atoms with Gasteiger partial charge in [0.2, 0.25) is 0 Å². The minimum absolute atomic E-state index is 0.349. The molecule has 13 heavy (non-hydrogen) atoms. The molecule has 0 saturated heterocycles. The van der Waals surface area contributed by atoms with E-state index in [1.807, 2.05) is 0 Å². The number of hydrogen-bond acceptors (Lipinski definition) is 3. The van der Waals surface area contributed by atoms with Crippen LogP contribution in [0.5, 0.6) is 0 Å². The summed E-state index contributed by atoms with van der Waals surface area (Å²) < 4.78 is 0. The lowest BCUT2D eigenvalue weighted by molar-refractivity contribution is -0.131. The zero-order valence-corrected chi connectivity index (χ0v) is 6.83. The second kappa shape index (κ2) is 3.22. The van der Waals surface area contributed by atoms with Crippen LogP contribution in [0.1, 0.15) is 16.1 Å². The van der Waals surface area contributed by atoms with Crippen molar-refractivity contribution in [3.63, 3.8) is 0 Å². The highest BCUT2D eigenvalue weighted by molar-refractivity contribution is 6.39. The van der Waals surface area contributed by atoms with Crippen LogP contribution in [0.3, 0.4) is 0 Å². The number of rotatable bonds is 2. The van der Waals surface area contributed by atoms with Gasteiger partial charge in [-0.2, -0.15) is 0 Å². The molecule has 1 heterocycles. The van der Waals surface area contributed by atoms with Gasteiger partial charge in [-0.1, -0.05) is 0 Å². The summed E-state index contributed by atoms with van der Waals surface area (Å²) >= 11 is 0. The van der Waals surface area contributed by atoms with Crippen LogP contribution in [0.2, 0.25) is 0 Å². The van der Waals surface area contributed by atoms with Crippen molar-refractivity contribution in [1.29, 1.82) is 0 Å². The third kappa shape index (κ3) is 1.81. The Morgan fingerprint density at radius 2 is 2.00 bits per heavy atom. The lowest BCUT2D eigenvalue weighted by Gasteiger charge is -1.95. The summed E-state index contributed by atoms with van der Waals surface area (Å²) in [4.78, 5) is 34.5. The summed E-state index contributed by atoms with van der Waals surface area (Å²) in [5.74, 6) is -2.82. The van der Waals surface area contributed by atoms with Crippen molar-refractivity contribution in [2.75, 3.05) is 0 Å². The van der Waals surface area contributed by atoms with Gasteiger partial charge in [0.1, 0.15) is 0 Å². The molecule has 0 aromatic carbocycles. The number of carboxylic acid groups (broad SMARTS) is 1. The van der Waals surface area contributed by atoms with Crippen LogP contribution < -0.4 is 5.56 Å². The Balaban J connectivity index is 3.25. The van der Waals surface area contributed by atoms with Crippen LogP contribution in [0.4, 0.5) is 0 Å². The first kappa shape index (κ1) is 9.18. The van der Waals surface area contributed by atoms with Crippen LogP contribution in [-0.2, 0) is 4.79 Å². The number of carbonyl (C=O) groups excluding carboxylic acids is 1. The van der Waals surface area contributed by atoms with Crippen molar-refractivity contribution in [3.8, 4) is 0 Å². The molecule has 1 aromatic heterocycles. The van der Waals surface area contributed by atoms with Gasteiger partial charge >= 0.3 is 5.97 Å². The van der Waals surface area contributed by atoms with E-state index >= 15 is 0 Å². The number of aliphatic carboxylic acids is 1. The smallest absolute Gasteiger partial charge is 0.377 e. The Morgan fingerprint density at radius 1 is 1.38 bits per heavy atom. The maximum atomic E-state index is 11.0. The van der Waals surface area contributed by atoms with E-state index in [9.17, 15) is 14.4 Å². The maximum absolute atomic E-state index is 11.0. The number of Topliss-reactive ketones (excluding diaryl/α,β-unsaturated/α-hetero) is 1. The molecule has 0 unspecified atom stereocenters. The number of carbonyl (C=O) groups is 2. The van der Waals surface area contributed by atoms with Gasteiger partial charge in [-0.25, -0.2) is 4.79 Å². The lowest BCUT2D eigenvalue weighted by atomic mass is 10.2. The van der Waals surface area contributed by atoms with E-state index in [-0.39, 0.29) is 5.56 Å². The van der Waals surface area contributed by atoms with Gasteiger partial charge < -0.3 is 10.1 Å². The summed E-state index contributed by atoms with van der Waals surface area (Å²) in [6.45, 7) is 1.64. The standard InChI is InChI=1S/C8H7NO4/c1-4-2-3-5(7(11)9-4)6(10)8(12)13/h2-3H,1H3,(H,9,11)(H,12,13). The molecule has 5 nitrogen and oxygen atoms in total. The highest BCUT2D eigenvalue weighted by Gasteiger charge is 2.17. The van der Waals surface area contributed by atoms with Gasteiger partial charge in [-0.3, -0.25) is 9.59 Å². The fourth-order valence-corrected chi connectivity index (χ4v) is 0.866. The summed E-state index contributed by atoms with van der Waals surface area (Å²) in [6.07, 6.45) is 0. The average molecular weight is 181 g/mol. The van der Waals surface area contributed by atoms with Crippen molar-refractivity contribution in [2.45, 2.75) is 6.92 Å². The lowest BCUT2D eigenvalue weighted by Crippen LogP contribution is -2.23. The van der Waals surface area contributed by atoms with E-state index in [4.69, 9.17) is 5.11 Å². The summed E-state index contributed by atoms with van der Waals surface area (Å²) in [7, 11) is 0. The fraction of sp³-hybridized carbons (Fsp3) is 0.125. The summed E-state index contributed by atoms with van der Waals surface area (Å²) in [5, 5.41) is 8.33. The molecule has 0 aliphatic heterocycles. The minimum Gasteiger partial charge on any atom is -0.475 e. The Labute approximate surface area is 73.0 Å².